The summed E-state index contributed by atoms with van der Waals surface area (Å²) in [4.78, 5) is 16.7. The molecule has 0 aliphatic carbocycles. The largest absolute Gasteiger partial charge is 0.497 e. The number of thiophene rings is 1. The fourth-order valence-corrected chi connectivity index (χ4v) is 5.69. The van der Waals surface area contributed by atoms with E-state index in [1.165, 1.54) is 16.0 Å². The summed E-state index contributed by atoms with van der Waals surface area (Å²) in [6, 6.07) is 17.6. The molecule has 1 fully saturated rings. The fraction of sp³-hybridized carbons (Fsp3) is 0.370. The molecule has 2 aromatic carbocycles. The molecule has 1 N–H and O–H groups in total. The van der Waals surface area contributed by atoms with Crippen LogP contribution in [0.5, 0.6) is 5.75 Å². The van der Waals surface area contributed by atoms with Gasteiger partial charge in [-0.05, 0) is 63.1 Å². The zero-order chi connectivity index (χ0) is 23.5. The Morgan fingerprint density at radius 2 is 1.70 bits per heavy atom. The Morgan fingerprint density at radius 1 is 1.06 bits per heavy atom. The van der Waals surface area contributed by atoms with Crippen LogP contribution in [-0.2, 0) is 4.74 Å². The Bertz CT molecular complexity index is 1080. The van der Waals surface area contributed by atoms with Crippen molar-refractivity contribution in [2.24, 2.45) is 0 Å². The minimum Gasteiger partial charge on any atom is -0.497 e. The standard InChI is InChI=1S/C27H32N2O3S/c1-17-15-29(16-18(2)32-17)25(21-11-13-23(31-5)14-12-21)24-19(3)20(4)33-27(24)28-26(30)22-9-7-6-8-10-22/h6-14,17-18,25H,15-16H2,1-5H3,(H,28,30)/t17-,18-,25-/m1/s1. The van der Waals surface area contributed by atoms with E-state index in [1.807, 2.05) is 42.5 Å². The summed E-state index contributed by atoms with van der Waals surface area (Å²) in [5.41, 5.74) is 4.21. The first kappa shape index (κ1) is 23.5. The summed E-state index contributed by atoms with van der Waals surface area (Å²) in [5.74, 6) is 0.743. The first-order valence-electron chi connectivity index (χ1n) is 11.4. The molecule has 174 valence electrons. The predicted molar refractivity (Wildman–Crippen MR) is 135 cm³/mol. The summed E-state index contributed by atoms with van der Waals surface area (Å²) < 4.78 is 11.4. The Balaban J connectivity index is 1.78. The van der Waals surface area contributed by atoms with E-state index in [2.05, 4.69) is 50.0 Å². The van der Waals surface area contributed by atoms with Crippen molar-refractivity contribution in [1.82, 2.24) is 4.90 Å². The van der Waals surface area contributed by atoms with Gasteiger partial charge in [0.15, 0.2) is 0 Å². The highest BCUT2D eigenvalue weighted by Crippen LogP contribution is 2.43. The van der Waals surface area contributed by atoms with Gasteiger partial charge in [0.1, 0.15) is 10.8 Å². The summed E-state index contributed by atoms with van der Waals surface area (Å²) >= 11 is 1.65. The molecule has 0 bridgehead atoms. The normalized spacial score (nSPS) is 19.8. The topological polar surface area (TPSA) is 50.8 Å². The van der Waals surface area contributed by atoms with Crippen molar-refractivity contribution in [2.45, 2.75) is 45.9 Å². The lowest BCUT2D eigenvalue weighted by atomic mass is 9.93. The van der Waals surface area contributed by atoms with Gasteiger partial charge in [-0.3, -0.25) is 9.69 Å². The fourth-order valence-electron chi connectivity index (χ4n) is 4.61. The number of carbonyl (C=O) groups is 1. The molecular weight excluding hydrogens is 432 g/mol. The highest BCUT2D eigenvalue weighted by Gasteiger charge is 2.34. The van der Waals surface area contributed by atoms with Gasteiger partial charge in [-0.1, -0.05) is 30.3 Å². The monoisotopic (exact) mass is 464 g/mol. The maximum Gasteiger partial charge on any atom is 0.256 e. The minimum absolute atomic E-state index is 0.000675. The van der Waals surface area contributed by atoms with Gasteiger partial charge in [0.25, 0.3) is 5.91 Å². The van der Waals surface area contributed by atoms with Crippen molar-refractivity contribution in [2.75, 3.05) is 25.5 Å². The zero-order valence-corrected chi connectivity index (χ0v) is 20.7. The first-order valence-corrected chi connectivity index (χ1v) is 12.2. The van der Waals surface area contributed by atoms with Gasteiger partial charge in [0.05, 0.1) is 25.4 Å². The molecule has 2 heterocycles. The van der Waals surface area contributed by atoms with E-state index in [-0.39, 0.29) is 24.2 Å². The van der Waals surface area contributed by atoms with Gasteiger partial charge in [0, 0.05) is 29.1 Å². The van der Waals surface area contributed by atoms with Crippen LogP contribution in [0.15, 0.2) is 54.6 Å². The highest BCUT2D eigenvalue weighted by molar-refractivity contribution is 7.16. The molecule has 4 rings (SSSR count). The van der Waals surface area contributed by atoms with Crippen LogP contribution in [0.1, 0.15) is 51.8 Å². The number of benzene rings is 2. The average molecular weight is 465 g/mol. The molecule has 5 nitrogen and oxygen atoms in total. The summed E-state index contributed by atoms with van der Waals surface area (Å²) in [7, 11) is 1.68. The molecule has 1 aromatic heterocycles. The molecule has 3 aromatic rings. The van der Waals surface area contributed by atoms with Crippen LogP contribution in [0.3, 0.4) is 0 Å². The lowest BCUT2D eigenvalue weighted by Gasteiger charge is -2.41. The number of morpholine rings is 1. The van der Waals surface area contributed by atoms with Crippen molar-refractivity contribution < 1.29 is 14.3 Å². The summed E-state index contributed by atoms with van der Waals surface area (Å²) in [5, 5.41) is 4.13. The SMILES string of the molecule is COc1ccc([C@H](c2c(NC(=O)c3ccccc3)sc(C)c2C)N2C[C@@H](C)O[C@H](C)C2)cc1. The number of hydrogen-bond acceptors (Lipinski definition) is 5. The number of nitrogens with one attached hydrogen (secondary N) is 1. The van der Waals surface area contributed by atoms with Gasteiger partial charge < -0.3 is 14.8 Å². The van der Waals surface area contributed by atoms with Gasteiger partial charge in [-0.25, -0.2) is 0 Å². The summed E-state index contributed by atoms with van der Waals surface area (Å²) in [6.45, 7) is 10.2. The van der Waals surface area contributed by atoms with Crippen molar-refractivity contribution in [3.63, 3.8) is 0 Å². The second kappa shape index (κ2) is 10.1. The van der Waals surface area contributed by atoms with Crippen LogP contribution in [0.4, 0.5) is 5.00 Å². The number of aryl methyl sites for hydroxylation is 1. The number of nitrogens with zero attached hydrogens (tertiary/aromatic N) is 1. The number of ether oxygens (including phenoxy) is 2. The van der Waals surface area contributed by atoms with E-state index >= 15 is 0 Å². The van der Waals surface area contributed by atoms with Crippen LogP contribution in [0.25, 0.3) is 0 Å². The Labute approximate surface area is 200 Å². The van der Waals surface area contributed by atoms with Crippen LogP contribution in [-0.4, -0.2) is 43.2 Å². The van der Waals surface area contributed by atoms with E-state index < -0.39 is 0 Å². The Morgan fingerprint density at radius 3 is 2.30 bits per heavy atom. The number of rotatable bonds is 6. The molecule has 0 unspecified atom stereocenters. The average Bonchev–Trinajstić information content (AvgIpc) is 3.07. The quantitative estimate of drug-likeness (QED) is 0.499. The van der Waals surface area contributed by atoms with Crippen molar-refractivity contribution in [3.05, 3.63) is 81.7 Å². The van der Waals surface area contributed by atoms with Gasteiger partial charge in [-0.2, -0.15) is 0 Å². The van der Waals surface area contributed by atoms with E-state index in [0.29, 0.717) is 5.56 Å². The molecule has 1 aliphatic heterocycles. The van der Waals surface area contributed by atoms with Crippen LogP contribution < -0.4 is 10.1 Å². The minimum atomic E-state index is -0.0877. The lowest BCUT2D eigenvalue weighted by Crippen LogP contribution is -2.47. The third-order valence-corrected chi connectivity index (χ3v) is 7.35. The molecule has 3 atom stereocenters. The van der Waals surface area contributed by atoms with E-state index in [1.54, 1.807) is 18.4 Å². The Kier molecular flexibility index (Phi) is 7.17. The predicted octanol–water partition coefficient (Wildman–Crippen LogP) is 5.82. The molecule has 0 spiro atoms. The number of methoxy groups -OCH3 is 1. The summed E-state index contributed by atoms with van der Waals surface area (Å²) in [6.07, 6.45) is 0.272. The smallest absolute Gasteiger partial charge is 0.256 e. The maximum absolute atomic E-state index is 13.1. The van der Waals surface area contributed by atoms with E-state index in [9.17, 15) is 4.79 Å². The van der Waals surface area contributed by atoms with Gasteiger partial charge >= 0.3 is 0 Å². The molecule has 0 radical (unpaired) electrons. The van der Waals surface area contributed by atoms with Crippen molar-refractivity contribution >= 4 is 22.2 Å². The van der Waals surface area contributed by atoms with Crippen molar-refractivity contribution in [1.29, 1.82) is 0 Å². The van der Waals surface area contributed by atoms with E-state index in [0.717, 1.165) is 29.4 Å². The third-order valence-electron chi connectivity index (χ3n) is 6.21. The number of carbonyl (C=O) groups excluding carboxylic acids is 1. The Hall–Kier alpha value is -2.67. The molecule has 1 amide bonds. The van der Waals surface area contributed by atoms with Crippen molar-refractivity contribution in [3.8, 4) is 5.75 Å². The molecular formula is C27H32N2O3S. The first-order chi connectivity index (χ1) is 15.9. The van der Waals surface area contributed by atoms with Gasteiger partial charge in [-0.15, -0.1) is 11.3 Å². The zero-order valence-electron chi connectivity index (χ0n) is 19.9. The van der Waals surface area contributed by atoms with Crippen LogP contribution in [0.2, 0.25) is 0 Å². The van der Waals surface area contributed by atoms with Crippen LogP contribution >= 0.6 is 11.3 Å². The van der Waals surface area contributed by atoms with E-state index in [4.69, 9.17) is 9.47 Å². The number of amides is 1. The molecule has 6 heteroatoms. The molecule has 1 aliphatic rings. The maximum atomic E-state index is 13.1. The second-order valence-corrected chi connectivity index (χ2v) is 9.96. The third kappa shape index (κ3) is 5.13. The number of hydrogen-bond donors (Lipinski definition) is 1. The van der Waals surface area contributed by atoms with Gasteiger partial charge in [0.2, 0.25) is 0 Å². The molecule has 33 heavy (non-hydrogen) atoms. The second-order valence-electron chi connectivity index (χ2n) is 8.73. The lowest BCUT2D eigenvalue weighted by molar-refractivity contribution is -0.0765. The molecule has 0 saturated carbocycles. The highest BCUT2D eigenvalue weighted by atomic mass is 32.1. The molecule has 1 saturated heterocycles. The van der Waals surface area contributed by atoms with Crippen LogP contribution in [0, 0.1) is 13.8 Å². The number of anilines is 1.